The summed E-state index contributed by atoms with van der Waals surface area (Å²) in [5, 5.41) is 3.56. The third kappa shape index (κ3) is 0.877. The zero-order valence-corrected chi connectivity index (χ0v) is 6.11. The van der Waals surface area contributed by atoms with Crippen LogP contribution in [0.25, 0.3) is 0 Å². The van der Waals surface area contributed by atoms with E-state index in [9.17, 15) is 0 Å². The molecule has 0 bridgehead atoms. The average molecular weight is 125 g/mol. The molecule has 1 aliphatic heterocycles. The summed E-state index contributed by atoms with van der Waals surface area (Å²) in [4.78, 5) is 0. The molecular formula is C8H15N. The molecule has 0 aromatic carbocycles. The highest BCUT2D eigenvalue weighted by Gasteiger charge is 2.47. The first kappa shape index (κ1) is 5.72. The SMILES string of the molecule is CCC1CC2(CC2)CN1. The largest absolute Gasteiger partial charge is 0.313 e. The van der Waals surface area contributed by atoms with Crippen molar-refractivity contribution in [1.82, 2.24) is 5.32 Å². The van der Waals surface area contributed by atoms with Gasteiger partial charge in [0.25, 0.3) is 0 Å². The molecule has 1 heteroatoms. The fourth-order valence-electron chi connectivity index (χ4n) is 1.87. The highest BCUT2D eigenvalue weighted by molar-refractivity contribution is 5.02. The second-order valence-electron chi connectivity index (χ2n) is 3.69. The molecule has 2 aliphatic rings. The van der Waals surface area contributed by atoms with E-state index in [1.807, 2.05) is 0 Å². The second kappa shape index (κ2) is 1.72. The van der Waals surface area contributed by atoms with Gasteiger partial charge in [0.15, 0.2) is 0 Å². The topological polar surface area (TPSA) is 12.0 Å². The molecule has 1 heterocycles. The van der Waals surface area contributed by atoms with Gasteiger partial charge >= 0.3 is 0 Å². The molecule has 1 unspecified atom stereocenters. The van der Waals surface area contributed by atoms with Crippen molar-refractivity contribution in [2.75, 3.05) is 6.54 Å². The predicted molar refractivity (Wildman–Crippen MR) is 38.4 cm³/mol. The van der Waals surface area contributed by atoms with E-state index >= 15 is 0 Å². The maximum atomic E-state index is 3.56. The Hall–Kier alpha value is -0.0400. The molecule has 9 heavy (non-hydrogen) atoms. The van der Waals surface area contributed by atoms with E-state index in [2.05, 4.69) is 12.2 Å². The van der Waals surface area contributed by atoms with Crippen molar-refractivity contribution in [1.29, 1.82) is 0 Å². The Balaban J connectivity index is 1.93. The second-order valence-corrected chi connectivity index (χ2v) is 3.69. The monoisotopic (exact) mass is 125 g/mol. The van der Waals surface area contributed by atoms with Crippen molar-refractivity contribution in [2.45, 2.75) is 38.6 Å². The summed E-state index contributed by atoms with van der Waals surface area (Å²) < 4.78 is 0. The molecule has 2 rings (SSSR count). The van der Waals surface area contributed by atoms with Crippen LogP contribution in [-0.2, 0) is 0 Å². The number of hydrogen-bond acceptors (Lipinski definition) is 1. The molecule has 1 spiro atoms. The molecule has 2 fully saturated rings. The maximum absolute atomic E-state index is 3.56. The first-order chi connectivity index (χ1) is 4.35. The van der Waals surface area contributed by atoms with Gasteiger partial charge in [-0.05, 0) is 31.1 Å². The summed E-state index contributed by atoms with van der Waals surface area (Å²) in [7, 11) is 0. The number of rotatable bonds is 1. The van der Waals surface area contributed by atoms with Gasteiger partial charge in [0.1, 0.15) is 0 Å². The molecule has 1 atom stereocenters. The van der Waals surface area contributed by atoms with Gasteiger partial charge in [-0.3, -0.25) is 0 Å². The van der Waals surface area contributed by atoms with Crippen molar-refractivity contribution in [3.05, 3.63) is 0 Å². The van der Waals surface area contributed by atoms with Gasteiger partial charge in [-0.15, -0.1) is 0 Å². The smallest absolute Gasteiger partial charge is 0.00704 e. The minimum Gasteiger partial charge on any atom is -0.313 e. The molecule has 1 nitrogen and oxygen atoms in total. The van der Waals surface area contributed by atoms with Gasteiger partial charge < -0.3 is 5.32 Å². The van der Waals surface area contributed by atoms with Gasteiger partial charge in [0, 0.05) is 12.6 Å². The van der Waals surface area contributed by atoms with Crippen LogP contribution in [0.1, 0.15) is 32.6 Å². The molecule has 0 aromatic heterocycles. The van der Waals surface area contributed by atoms with E-state index in [4.69, 9.17) is 0 Å². The zero-order chi connectivity index (χ0) is 6.32. The Morgan fingerprint density at radius 3 is 2.67 bits per heavy atom. The first-order valence-corrected chi connectivity index (χ1v) is 4.08. The summed E-state index contributed by atoms with van der Waals surface area (Å²) in [6.07, 6.45) is 5.78. The van der Waals surface area contributed by atoms with Crippen molar-refractivity contribution in [3.63, 3.8) is 0 Å². The average Bonchev–Trinajstić information content (AvgIpc) is 2.44. The molecule has 1 aliphatic carbocycles. The summed E-state index contributed by atoms with van der Waals surface area (Å²) in [6.45, 7) is 3.59. The minimum absolute atomic E-state index is 0.806. The molecule has 1 N–H and O–H groups in total. The summed E-state index contributed by atoms with van der Waals surface area (Å²) >= 11 is 0. The first-order valence-electron chi connectivity index (χ1n) is 4.08. The van der Waals surface area contributed by atoms with Crippen molar-refractivity contribution in [3.8, 4) is 0 Å². The van der Waals surface area contributed by atoms with E-state index in [0.29, 0.717) is 0 Å². The molecule has 52 valence electrons. The molecule has 0 aromatic rings. The summed E-state index contributed by atoms with van der Waals surface area (Å²) in [5.74, 6) is 0. The van der Waals surface area contributed by atoms with Crippen molar-refractivity contribution in [2.24, 2.45) is 5.41 Å². The summed E-state index contributed by atoms with van der Waals surface area (Å²) in [6, 6.07) is 0.854. The minimum atomic E-state index is 0.806. The quantitative estimate of drug-likeness (QED) is 0.560. The highest BCUT2D eigenvalue weighted by atomic mass is 15.0. The van der Waals surface area contributed by atoms with Gasteiger partial charge in [-0.2, -0.15) is 0 Å². The van der Waals surface area contributed by atoms with Crippen LogP contribution in [-0.4, -0.2) is 12.6 Å². The molecule has 1 saturated heterocycles. The molecule has 0 amide bonds. The van der Waals surface area contributed by atoms with E-state index in [0.717, 1.165) is 11.5 Å². The number of nitrogens with one attached hydrogen (secondary N) is 1. The lowest BCUT2D eigenvalue weighted by atomic mass is 10.0. The third-order valence-corrected chi connectivity index (χ3v) is 2.90. The number of hydrogen-bond donors (Lipinski definition) is 1. The van der Waals surface area contributed by atoms with Crippen molar-refractivity contribution >= 4 is 0 Å². The van der Waals surface area contributed by atoms with Crippen LogP contribution in [0.2, 0.25) is 0 Å². The Morgan fingerprint density at radius 1 is 1.56 bits per heavy atom. The molecule has 0 radical (unpaired) electrons. The zero-order valence-electron chi connectivity index (χ0n) is 6.11. The van der Waals surface area contributed by atoms with Crippen LogP contribution in [0, 0.1) is 5.41 Å². The van der Waals surface area contributed by atoms with Gasteiger partial charge in [-0.25, -0.2) is 0 Å². The van der Waals surface area contributed by atoms with E-state index in [1.165, 1.54) is 32.2 Å². The van der Waals surface area contributed by atoms with E-state index < -0.39 is 0 Å². The van der Waals surface area contributed by atoms with Crippen LogP contribution in [0.4, 0.5) is 0 Å². The normalized spacial score (nSPS) is 37.7. The lowest BCUT2D eigenvalue weighted by Crippen LogP contribution is -2.19. The standard InChI is InChI=1S/C8H15N/c1-2-7-5-8(3-4-8)6-9-7/h7,9H,2-6H2,1H3. The van der Waals surface area contributed by atoms with Crippen LogP contribution in [0.15, 0.2) is 0 Å². The Kier molecular flexibility index (Phi) is 1.10. The van der Waals surface area contributed by atoms with E-state index in [1.54, 1.807) is 0 Å². The fraction of sp³-hybridized carbons (Fsp3) is 1.00. The fourth-order valence-corrected chi connectivity index (χ4v) is 1.87. The summed E-state index contributed by atoms with van der Waals surface area (Å²) in [5.41, 5.74) is 0.806. The maximum Gasteiger partial charge on any atom is 0.00704 e. The predicted octanol–water partition coefficient (Wildman–Crippen LogP) is 1.54. The van der Waals surface area contributed by atoms with Crippen LogP contribution in [0.3, 0.4) is 0 Å². The van der Waals surface area contributed by atoms with E-state index in [-0.39, 0.29) is 0 Å². The van der Waals surface area contributed by atoms with Crippen molar-refractivity contribution < 1.29 is 0 Å². The van der Waals surface area contributed by atoms with Crippen LogP contribution < -0.4 is 5.32 Å². The molecule has 1 saturated carbocycles. The van der Waals surface area contributed by atoms with Crippen LogP contribution in [0.5, 0.6) is 0 Å². The third-order valence-electron chi connectivity index (χ3n) is 2.90. The van der Waals surface area contributed by atoms with Crippen LogP contribution >= 0.6 is 0 Å². The van der Waals surface area contributed by atoms with Gasteiger partial charge in [0.05, 0.1) is 0 Å². The Bertz CT molecular complexity index is 116. The lowest BCUT2D eigenvalue weighted by Gasteiger charge is -2.03. The molecular weight excluding hydrogens is 110 g/mol. The Morgan fingerprint density at radius 2 is 2.33 bits per heavy atom. The van der Waals surface area contributed by atoms with Gasteiger partial charge in [-0.1, -0.05) is 6.92 Å². The highest BCUT2D eigenvalue weighted by Crippen LogP contribution is 2.52. The van der Waals surface area contributed by atoms with Gasteiger partial charge in [0.2, 0.25) is 0 Å². The Labute approximate surface area is 56.8 Å². The lowest BCUT2D eigenvalue weighted by molar-refractivity contribution is 0.533.